The van der Waals surface area contributed by atoms with E-state index in [1.54, 1.807) is 11.0 Å². The van der Waals surface area contributed by atoms with Crippen molar-refractivity contribution in [1.82, 2.24) is 4.90 Å². The van der Waals surface area contributed by atoms with Gasteiger partial charge in [-0.1, -0.05) is 44.2 Å². The van der Waals surface area contributed by atoms with Crippen LogP contribution in [0.15, 0.2) is 36.4 Å². The van der Waals surface area contributed by atoms with Crippen molar-refractivity contribution in [2.24, 2.45) is 11.8 Å². The zero-order chi connectivity index (χ0) is 24.9. The number of aromatic carboxylic acids is 1. The van der Waals surface area contributed by atoms with E-state index in [1.165, 1.54) is 4.90 Å². The monoisotopic (exact) mass is 498 g/mol. The molecule has 1 aromatic carbocycles. The predicted molar refractivity (Wildman–Crippen MR) is 137 cm³/mol. The number of thiophene rings is 1. The summed E-state index contributed by atoms with van der Waals surface area (Å²) in [4.78, 5) is 44.2. The number of amides is 2. The molecule has 2 fully saturated rings. The van der Waals surface area contributed by atoms with E-state index in [-0.39, 0.29) is 22.6 Å². The third kappa shape index (κ3) is 5.59. The fourth-order valence-corrected chi connectivity index (χ4v) is 6.06. The quantitative estimate of drug-likeness (QED) is 0.586. The number of benzene rings is 1. The van der Waals surface area contributed by atoms with Crippen molar-refractivity contribution in [3.8, 4) is 10.4 Å². The van der Waals surface area contributed by atoms with E-state index in [0.29, 0.717) is 44.3 Å². The number of carbonyl (C=O) groups excluding carboxylic acids is 2. The van der Waals surface area contributed by atoms with E-state index in [9.17, 15) is 19.5 Å². The van der Waals surface area contributed by atoms with Crippen molar-refractivity contribution in [2.75, 3.05) is 31.2 Å². The third-order valence-electron chi connectivity index (χ3n) is 7.13. The van der Waals surface area contributed by atoms with Gasteiger partial charge in [0.05, 0.1) is 18.9 Å². The fraction of sp³-hybridized carbons (Fsp3) is 0.519. The molecule has 0 spiro atoms. The Bertz CT molecular complexity index is 1040. The molecule has 1 aliphatic heterocycles. The van der Waals surface area contributed by atoms with Crippen LogP contribution in [-0.4, -0.2) is 60.1 Å². The molecule has 2 amide bonds. The molecule has 0 bridgehead atoms. The van der Waals surface area contributed by atoms with Gasteiger partial charge in [0.25, 0.3) is 0 Å². The van der Waals surface area contributed by atoms with E-state index in [0.717, 1.165) is 47.5 Å². The van der Waals surface area contributed by atoms with Gasteiger partial charge in [-0.15, -0.1) is 11.3 Å². The Balaban J connectivity index is 1.77. The second-order valence-electron chi connectivity index (χ2n) is 9.52. The van der Waals surface area contributed by atoms with Crippen molar-refractivity contribution >= 4 is 34.8 Å². The van der Waals surface area contributed by atoms with E-state index in [4.69, 9.17) is 4.74 Å². The highest BCUT2D eigenvalue weighted by Gasteiger charge is 2.39. The second kappa shape index (κ2) is 11.4. The first-order chi connectivity index (χ1) is 16.9. The Morgan fingerprint density at radius 3 is 2.37 bits per heavy atom. The summed E-state index contributed by atoms with van der Waals surface area (Å²) in [5.74, 6) is -0.998. The first kappa shape index (κ1) is 25.4. The lowest BCUT2D eigenvalue weighted by molar-refractivity contribution is -0.139. The lowest BCUT2D eigenvalue weighted by atomic mass is 9.82. The lowest BCUT2D eigenvalue weighted by Gasteiger charge is -2.38. The topological polar surface area (TPSA) is 87.2 Å². The molecular weight excluding hydrogens is 464 g/mol. The maximum atomic E-state index is 14.1. The highest BCUT2D eigenvalue weighted by molar-refractivity contribution is 7.18. The van der Waals surface area contributed by atoms with Crippen LogP contribution in [0.4, 0.5) is 5.69 Å². The molecular formula is C27H34N2O5S. The minimum absolute atomic E-state index is 0.0922. The number of carbonyl (C=O) groups is 3. The summed E-state index contributed by atoms with van der Waals surface area (Å²) in [7, 11) is 0. The summed E-state index contributed by atoms with van der Waals surface area (Å²) in [6.07, 6.45) is 3.85. The fourth-order valence-electron chi connectivity index (χ4n) is 5.06. The van der Waals surface area contributed by atoms with Crippen LogP contribution in [0.2, 0.25) is 0 Å². The molecule has 2 aliphatic rings. The summed E-state index contributed by atoms with van der Waals surface area (Å²) < 4.78 is 5.41. The smallest absolute Gasteiger partial charge is 0.348 e. The van der Waals surface area contributed by atoms with Gasteiger partial charge < -0.3 is 14.7 Å². The first-order valence-electron chi connectivity index (χ1n) is 12.5. The summed E-state index contributed by atoms with van der Waals surface area (Å²) >= 11 is 1.15. The molecule has 1 atom stereocenters. The molecule has 8 heteroatoms. The number of rotatable bonds is 7. The van der Waals surface area contributed by atoms with Crippen molar-refractivity contribution in [1.29, 1.82) is 0 Å². The number of hydrogen-bond acceptors (Lipinski definition) is 5. The van der Waals surface area contributed by atoms with Gasteiger partial charge in [0.1, 0.15) is 10.9 Å². The largest absolute Gasteiger partial charge is 0.477 e. The second-order valence-corrected chi connectivity index (χ2v) is 10.6. The van der Waals surface area contributed by atoms with Crippen LogP contribution in [0.25, 0.3) is 10.4 Å². The summed E-state index contributed by atoms with van der Waals surface area (Å²) in [6.45, 7) is 5.97. The molecule has 35 heavy (non-hydrogen) atoms. The maximum Gasteiger partial charge on any atom is 0.348 e. The lowest BCUT2D eigenvalue weighted by Crippen LogP contribution is -2.55. The van der Waals surface area contributed by atoms with E-state index in [1.807, 2.05) is 37.3 Å². The van der Waals surface area contributed by atoms with Crippen LogP contribution in [0.1, 0.15) is 55.6 Å². The summed E-state index contributed by atoms with van der Waals surface area (Å²) in [5.41, 5.74) is 1.22. The molecule has 2 heterocycles. The Labute approximate surface area is 210 Å². The Morgan fingerprint density at radius 1 is 1.11 bits per heavy atom. The average molecular weight is 499 g/mol. The van der Waals surface area contributed by atoms with E-state index in [2.05, 4.69) is 6.92 Å². The SMILES string of the molecule is CC[C@@H](C(=O)N1CCOCC1)N(C(=O)C1CCC(C)CC1)c1cc(-c2ccccc2)sc1C(=O)O. The molecule has 4 rings (SSSR count). The van der Waals surface area contributed by atoms with Crippen LogP contribution in [0.5, 0.6) is 0 Å². The van der Waals surface area contributed by atoms with Crippen LogP contribution >= 0.6 is 11.3 Å². The number of hydrogen-bond donors (Lipinski definition) is 1. The van der Waals surface area contributed by atoms with Gasteiger partial charge in [-0.05, 0) is 49.7 Å². The Hall–Kier alpha value is -2.71. The Kier molecular flexibility index (Phi) is 8.23. The average Bonchev–Trinajstić information content (AvgIpc) is 3.33. The summed E-state index contributed by atoms with van der Waals surface area (Å²) in [6, 6.07) is 10.6. The highest BCUT2D eigenvalue weighted by Crippen LogP contribution is 2.40. The number of morpholine rings is 1. The first-order valence-corrected chi connectivity index (χ1v) is 13.3. The standard InChI is InChI=1S/C27H34N2O5S/c1-3-21(26(31)28-13-15-34-16-14-28)29(25(30)20-11-9-18(2)10-12-20)22-17-23(35-24(22)27(32)33)19-7-5-4-6-8-19/h4-8,17-18,20-21H,3,9-16H2,1-2H3,(H,32,33)/t18?,20?,21-/m0/s1. The zero-order valence-corrected chi connectivity index (χ0v) is 21.3. The molecule has 0 unspecified atom stereocenters. The maximum absolute atomic E-state index is 14.1. The molecule has 7 nitrogen and oxygen atoms in total. The molecule has 1 saturated heterocycles. The highest BCUT2D eigenvalue weighted by atomic mass is 32.1. The summed E-state index contributed by atoms with van der Waals surface area (Å²) in [5, 5.41) is 10.1. The van der Waals surface area contributed by atoms with Gasteiger partial charge in [-0.25, -0.2) is 4.79 Å². The van der Waals surface area contributed by atoms with Crippen LogP contribution in [0.3, 0.4) is 0 Å². The van der Waals surface area contributed by atoms with Gasteiger partial charge >= 0.3 is 5.97 Å². The molecule has 2 aromatic rings. The minimum atomic E-state index is -1.09. The van der Waals surface area contributed by atoms with Gasteiger partial charge in [-0.2, -0.15) is 0 Å². The van der Waals surface area contributed by atoms with Crippen molar-refractivity contribution in [3.05, 3.63) is 41.3 Å². The van der Waals surface area contributed by atoms with Gasteiger partial charge in [0, 0.05) is 23.9 Å². The number of nitrogens with zero attached hydrogens (tertiary/aromatic N) is 2. The zero-order valence-electron chi connectivity index (χ0n) is 20.4. The van der Waals surface area contributed by atoms with E-state index >= 15 is 0 Å². The number of carboxylic acids is 1. The minimum Gasteiger partial charge on any atom is -0.477 e. The molecule has 1 aromatic heterocycles. The molecule has 0 radical (unpaired) electrons. The normalized spacial score (nSPS) is 21.4. The van der Waals surface area contributed by atoms with Crippen molar-refractivity contribution in [3.63, 3.8) is 0 Å². The molecule has 1 saturated carbocycles. The number of anilines is 1. The number of ether oxygens (including phenoxy) is 1. The third-order valence-corrected chi connectivity index (χ3v) is 8.29. The van der Waals surface area contributed by atoms with Crippen LogP contribution in [-0.2, 0) is 14.3 Å². The van der Waals surface area contributed by atoms with Crippen LogP contribution < -0.4 is 4.90 Å². The molecule has 188 valence electrons. The van der Waals surface area contributed by atoms with Crippen LogP contribution in [0, 0.1) is 11.8 Å². The van der Waals surface area contributed by atoms with E-state index < -0.39 is 12.0 Å². The van der Waals surface area contributed by atoms with Gasteiger partial charge in [0.2, 0.25) is 11.8 Å². The van der Waals surface area contributed by atoms with Gasteiger partial charge in [-0.3, -0.25) is 14.5 Å². The Morgan fingerprint density at radius 2 is 1.77 bits per heavy atom. The number of carboxylic acid groups (broad SMARTS) is 1. The molecule has 1 aliphatic carbocycles. The predicted octanol–water partition coefficient (Wildman–Crippen LogP) is 4.91. The van der Waals surface area contributed by atoms with Crippen molar-refractivity contribution in [2.45, 2.75) is 52.0 Å². The van der Waals surface area contributed by atoms with Gasteiger partial charge in [0.15, 0.2) is 0 Å². The van der Waals surface area contributed by atoms with Crippen molar-refractivity contribution < 1.29 is 24.2 Å². The molecule has 1 N–H and O–H groups in total.